The fraction of sp³-hybridized carbons (Fsp3) is 0.400. The Morgan fingerprint density at radius 1 is 1.00 bits per heavy atom. The maximum atomic E-state index is 10.4. The van der Waals surface area contributed by atoms with E-state index in [0.717, 1.165) is 42.0 Å². The number of para-hydroxylation sites is 1. The van der Waals surface area contributed by atoms with E-state index in [1.54, 1.807) is 14.2 Å². The molecule has 2 atom stereocenters. The van der Waals surface area contributed by atoms with Crippen molar-refractivity contribution in [2.75, 3.05) is 20.8 Å². The van der Waals surface area contributed by atoms with Crippen LogP contribution in [0.1, 0.15) is 30.6 Å². The molecule has 0 spiro atoms. The van der Waals surface area contributed by atoms with Crippen LogP contribution in [0.4, 0.5) is 0 Å². The minimum absolute atomic E-state index is 0. The molecule has 0 fully saturated rings. The summed E-state index contributed by atoms with van der Waals surface area (Å²) < 4.78 is 10.8. The molecule has 2 aromatic rings. The molecule has 0 saturated heterocycles. The summed E-state index contributed by atoms with van der Waals surface area (Å²) in [6.45, 7) is 3.01. The van der Waals surface area contributed by atoms with Gasteiger partial charge in [-0.15, -0.1) is 0 Å². The van der Waals surface area contributed by atoms with Crippen molar-refractivity contribution < 1.29 is 32.3 Å². The fourth-order valence-corrected chi connectivity index (χ4v) is 2.91. The number of aryl methyl sites for hydroxylation is 1. The van der Waals surface area contributed by atoms with Crippen LogP contribution in [-0.4, -0.2) is 31.9 Å². The zero-order valence-electron chi connectivity index (χ0n) is 15.1. The minimum atomic E-state index is -0.447. The molecule has 5 heteroatoms. The highest BCUT2D eigenvalue weighted by molar-refractivity contribution is 5.46. The lowest BCUT2D eigenvalue weighted by Crippen LogP contribution is -3.00. The molecule has 0 aromatic heterocycles. The van der Waals surface area contributed by atoms with E-state index in [1.165, 1.54) is 0 Å². The molecule has 0 aliphatic carbocycles. The second-order valence-electron chi connectivity index (χ2n) is 6.00. The number of halogens is 1. The molecule has 2 aromatic carbocycles. The maximum Gasteiger partial charge on any atom is 0.163 e. The van der Waals surface area contributed by atoms with Crippen molar-refractivity contribution in [2.45, 2.75) is 31.9 Å². The number of aliphatic hydroxyl groups excluding tert-OH is 1. The number of ether oxygens (including phenoxy) is 2. The van der Waals surface area contributed by atoms with Gasteiger partial charge in [-0.2, -0.15) is 0 Å². The van der Waals surface area contributed by atoms with Crippen molar-refractivity contribution in [3.8, 4) is 11.5 Å². The predicted molar refractivity (Wildman–Crippen MR) is 95.5 cm³/mol. The van der Waals surface area contributed by atoms with Gasteiger partial charge in [0.05, 0.1) is 20.8 Å². The van der Waals surface area contributed by atoms with E-state index in [-0.39, 0.29) is 18.4 Å². The van der Waals surface area contributed by atoms with E-state index in [0.29, 0.717) is 0 Å². The van der Waals surface area contributed by atoms with Crippen LogP contribution in [0.3, 0.4) is 0 Å². The van der Waals surface area contributed by atoms with Crippen LogP contribution in [0.2, 0.25) is 0 Å². The van der Waals surface area contributed by atoms with Crippen molar-refractivity contribution in [1.82, 2.24) is 0 Å². The third-order valence-electron chi connectivity index (χ3n) is 4.31. The quantitative estimate of drug-likeness (QED) is 0.579. The molecule has 0 saturated carbocycles. The summed E-state index contributed by atoms with van der Waals surface area (Å²) in [6.07, 6.45) is 1.48. The summed E-state index contributed by atoms with van der Waals surface area (Å²) in [7, 11) is 3.33. The van der Waals surface area contributed by atoms with E-state index in [2.05, 4.69) is 18.3 Å². The molecule has 0 amide bonds. The second-order valence-corrected chi connectivity index (χ2v) is 6.00. The maximum absolute atomic E-state index is 10.4. The van der Waals surface area contributed by atoms with Gasteiger partial charge in [0.2, 0.25) is 0 Å². The van der Waals surface area contributed by atoms with Crippen LogP contribution < -0.4 is 27.2 Å². The van der Waals surface area contributed by atoms with E-state index < -0.39 is 6.10 Å². The van der Waals surface area contributed by atoms with Crippen molar-refractivity contribution in [3.05, 3.63) is 59.7 Å². The normalized spacial score (nSPS) is 12.8. The van der Waals surface area contributed by atoms with Gasteiger partial charge in [-0.05, 0) is 30.5 Å². The van der Waals surface area contributed by atoms with Crippen LogP contribution >= 0.6 is 0 Å². The Labute approximate surface area is 156 Å². The van der Waals surface area contributed by atoms with E-state index in [4.69, 9.17) is 9.47 Å². The lowest BCUT2D eigenvalue weighted by Gasteiger charge is -2.18. The molecule has 0 bridgehead atoms. The molecule has 2 unspecified atom stereocenters. The van der Waals surface area contributed by atoms with Gasteiger partial charge in [-0.25, -0.2) is 0 Å². The lowest BCUT2D eigenvalue weighted by molar-refractivity contribution is -0.694. The Bertz CT molecular complexity index is 622. The molecule has 0 heterocycles. The van der Waals surface area contributed by atoms with Crippen molar-refractivity contribution in [3.63, 3.8) is 0 Å². The molecule has 2 rings (SSSR count). The molecular weight excluding hydrogens is 338 g/mol. The van der Waals surface area contributed by atoms with Gasteiger partial charge < -0.3 is 32.3 Å². The fourth-order valence-electron chi connectivity index (χ4n) is 2.91. The second kappa shape index (κ2) is 11.0. The largest absolute Gasteiger partial charge is 1.00 e. The standard InChI is InChI=1S/C20H27NO3.ClH/c1-15(19(22)16-9-5-4-6-10-16)21-14-8-12-17-11-7-13-18(23-2)20(17)24-3;/h4-7,9-11,13,15,19,21-22H,8,12,14H2,1-3H3;1H. The third kappa shape index (κ3) is 5.92. The molecular formula is C20H28ClNO3. The number of hydrogen-bond donors (Lipinski definition) is 2. The summed E-state index contributed by atoms with van der Waals surface area (Å²) in [4.78, 5) is 0. The summed E-state index contributed by atoms with van der Waals surface area (Å²) in [5, 5.41) is 12.6. The summed E-state index contributed by atoms with van der Waals surface area (Å²) in [5.41, 5.74) is 2.12. The SMILES string of the molecule is COc1cccc(CCC[NH2+]C(C)C(O)c2ccccc2)c1OC.[Cl-]. The average Bonchev–Trinajstić information content (AvgIpc) is 2.64. The predicted octanol–water partition coefficient (Wildman–Crippen LogP) is -0.674. The first-order chi connectivity index (χ1) is 11.7. The van der Waals surface area contributed by atoms with Crippen LogP contribution in [-0.2, 0) is 6.42 Å². The smallest absolute Gasteiger partial charge is 0.163 e. The molecule has 138 valence electrons. The number of hydrogen-bond acceptors (Lipinski definition) is 3. The van der Waals surface area contributed by atoms with Gasteiger partial charge in [0, 0.05) is 6.42 Å². The number of rotatable bonds is 9. The first-order valence-corrected chi connectivity index (χ1v) is 8.43. The van der Waals surface area contributed by atoms with Crippen molar-refractivity contribution in [2.24, 2.45) is 0 Å². The minimum Gasteiger partial charge on any atom is -1.00 e. The lowest BCUT2D eigenvalue weighted by atomic mass is 10.0. The number of aliphatic hydroxyl groups is 1. The van der Waals surface area contributed by atoms with Crippen LogP contribution in [0, 0.1) is 0 Å². The van der Waals surface area contributed by atoms with Crippen molar-refractivity contribution >= 4 is 0 Å². The number of methoxy groups -OCH3 is 2. The summed E-state index contributed by atoms with van der Waals surface area (Å²) >= 11 is 0. The molecule has 3 N–H and O–H groups in total. The van der Waals surface area contributed by atoms with E-state index in [1.807, 2.05) is 42.5 Å². The highest BCUT2D eigenvalue weighted by Crippen LogP contribution is 2.31. The Morgan fingerprint density at radius 2 is 1.72 bits per heavy atom. The number of benzene rings is 2. The molecule has 4 nitrogen and oxygen atoms in total. The number of nitrogens with two attached hydrogens (primary N) is 1. The van der Waals surface area contributed by atoms with Gasteiger partial charge in [0.25, 0.3) is 0 Å². The first-order valence-electron chi connectivity index (χ1n) is 8.43. The van der Waals surface area contributed by atoms with Gasteiger partial charge in [0.15, 0.2) is 11.5 Å². The Kier molecular flexibility index (Phi) is 9.35. The van der Waals surface area contributed by atoms with Gasteiger partial charge in [-0.1, -0.05) is 42.5 Å². The number of quaternary nitrogens is 1. The van der Waals surface area contributed by atoms with E-state index >= 15 is 0 Å². The molecule has 0 aliphatic rings. The van der Waals surface area contributed by atoms with Crippen molar-refractivity contribution in [1.29, 1.82) is 0 Å². The average molecular weight is 366 g/mol. The van der Waals surface area contributed by atoms with Gasteiger partial charge in [0.1, 0.15) is 12.1 Å². The summed E-state index contributed by atoms with van der Waals surface area (Å²) in [5.74, 6) is 1.59. The Morgan fingerprint density at radius 3 is 2.36 bits per heavy atom. The van der Waals surface area contributed by atoms with Crippen LogP contribution in [0.25, 0.3) is 0 Å². The van der Waals surface area contributed by atoms with Crippen LogP contribution in [0.5, 0.6) is 11.5 Å². The van der Waals surface area contributed by atoms with E-state index in [9.17, 15) is 5.11 Å². The Hall–Kier alpha value is -1.75. The molecule has 0 aliphatic heterocycles. The van der Waals surface area contributed by atoms with Gasteiger partial charge in [-0.3, -0.25) is 0 Å². The monoisotopic (exact) mass is 365 g/mol. The first kappa shape index (κ1) is 21.3. The topological polar surface area (TPSA) is 55.3 Å². The highest BCUT2D eigenvalue weighted by Gasteiger charge is 2.18. The zero-order valence-corrected chi connectivity index (χ0v) is 15.9. The highest BCUT2D eigenvalue weighted by atomic mass is 35.5. The molecule has 0 radical (unpaired) electrons. The van der Waals surface area contributed by atoms with Gasteiger partial charge >= 0.3 is 0 Å². The third-order valence-corrected chi connectivity index (χ3v) is 4.31. The Balaban J connectivity index is 0.00000312. The summed E-state index contributed by atoms with van der Waals surface area (Å²) in [6, 6.07) is 15.9. The van der Waals surface area contributed by atoms with Crippen LogP contribution in [0.15, 0.2) is 48.5 Å². The molecule has 25 heavy (non-hydrogen) atoms. The zero-order chi connectivity index (χ0) is 17.4.